The van der Waals surface area contributed by atoms with Gasteiger partial charge in [0.15, 0.2) is 0 Å². The molecule has 1 aromatic heterocycles. The predicted molar refractivity (Wildman–Crippen MR) is 131 cm³/mol. The Morgan fingerprint density at radius 2 is 1.88 bits per heavy atom. The van der Waals surface area contributed by atoms with E-state index in [-0.39, 0.29) is 18.3 Å². The van der Waals surface area contributed by atoms with Crippen molar-refractivity contribution in [3.63, 3.8) is 0 Å². The van der Waals surface area contributed by atoms with Crippen LogP contribution in [0.15, 0.2) is 48.5 Å². The fourth-order valence-corrected chi connectivity index (χ4v) is 5.14. The van der Waals surface area contributed by atoms with Crippen LogP contribution in [0, 0.1) is 5.95 Å². The summed E-state index contributed by atoms with van der Waals surface area (Å²) in [5.74, 6) is -0.134. The van der Waals surface area contributed by atoms with Crippen LogP contribution in [0.2, 0.25) is 0 Å². The van der Waals surface area contributed by atoms with E-state index in [9.17, 15) is 14.3 Å². The number of nitrogens with two attached hydrogens (primary N) is 1. The summed E-state index contributed by atoms with van der Waals surface area (Å²) in [7, 11) is 0. The molecule has 4 N–H and O–H groups in total. The second kappa shape index (κ2) is 9.52. The summed E-state index contributed by atoms with van der Waals surface area (Å²) in [5, 5.41) is 12.1. The van der Waals surface area contributed by atoms with Crippen LogP contribution in [0.25, 0.3) is 22.3 Å². The van der Waals surface area contributed by atoms with Gasteiger partial charge < -0.3 is 21.1 Å². The van der Waals surface area contributed by atoms with Crippen molar-refractivity contribution in [2.24, 2.45) is 0 Å². The molecule has 1 unspecified atom stereocenters. The Balaban J connectivity index is 1.44. The largest absolute Gasteiger partial charge is 0.395 e. The van der Waals surface area contributed by atoms with Gasteiger partial charge in [-0.3, -0.25) is 4.79 Å². The lowest BCUT2D eigenvalue weighted by Crippen LogP contribution is -2.36. The number of carbonyl (C=O) groups is 1. The topological polar surface area (TPSA) is 91.5 Å². The van der Waals surface area contributed by atoms with E-state index in [1.54, 1.807) is 12.1 Å². The highest BCUT2D eigenvalue weighted by Gasteiger charge is 2.22. The maximum atomic E-state index is 14.9. The Labute approximate surface area is 198 Å². The number of β-amino-alcohol motifs (C(OH)–C–C–N with tert-alkyl or cyclic N) is 1. The maximum absolute atomic E-state index is 14.9. The normalized spacial score (nSPS) is 18.4. The molecule has 1 saturated heterocycles. The Hall–Kier alpha value is -3.29. The van der Waals surface area contributed by atoms with Gasteiger partial charge in [0, 0.05) is 36.3 Å². The van der Waals surface area contributed by atoms with Gasteiger partial charge in [0.1, 0.15) is 5.82 Å². The second-order valence-electron chi connectivity index (χ2n) is 9.12. The molecule has 0 aliphatic carbocycles. The highest BCUT2D eigenvalue weighted by Crippen LogP contribution is 2.34. The number of nitrogens with one attached hydrogen (secondary N) is 1. The molecule has 5 rings (SSSR count). The second-order valence-corrected chi connectivity index (χ2v) is 9.12. The molecule has 0 radical (unpaired) electrons. The third kappa shape index (κ3) is 4.41. The minimum atomic E-state index is -0.599. The number of hydrogen-bond donors (Lipinski definition) is 3. The molecule has 2 aliphatic heterocycles. The van der Waals surface area contributed by atoms with E-state index < -0.39 is 5.95 Å². The number of likely N-dealkylation sites (tertiary alicyclic amines) is 1. The van der Waals surface area contributed by atoms with Crippen LogP contribution in [0.3, 0.4) is 0 Å². The minimum Gasteiger partial charge on any atom is -0.395 e. The predicted octanol–water partition coefficient (Wildman–Crippen LogP) is 3.59. The van der Waals surface area contributed by atoms with Gasteiger partial charge >= 0.3 is 0 Å². The van der Waals surface area contributed by atoms with E-state index in [1.165, 1.54) is 5.56 Å². The number of amides is 1. The molecule has 3 aromatic rings. The average Bonchev–Trinajstić information content (AvgIpc) is 2.85. The molecule has 2 aliphatic rings. The van der Waals surface area contributed by atoms with E-state index >= 15 is 0 Å². The summed E-state index contributed by atoms with van der Waals surface area (Å²) in [6, 6.07) is 15.3. The summed E-state index contributed by atoms with van der Waals surface area (Å²) >= 11 is 0. The van der Waals surface area contributed by atoms with Crippen LogP contribution in [0.5, 0.6) is 0 Å². The first-order valence-corrected chi connectivity index (χ1v) is 11.8. The van der Waals surface area contributed by atoms with Crippen molar-refractivity contribution in [2.75, 3.05) is 38.5 Å². The summed E-state index contributed by atoms with van der Waals surface area (Å²) in [4.78, 5) is 18.4. The van der Waals surface area contributed by atoms with Gasteiger partial charge in [-0.05, 0) is 66.1 Å². The monoisotopic (exact) mass is 460 g/mol. The van der Waals surface area contributed by atoms with Crippen LogP contribution < -0.4 is 11.1 Å². The molecule has 7 heteroatoms. The molecule has 1 fully saturated rings. The number of benzene rings is 2. The van der Waals surface area contributed by atoms with Crippen molar-refractivity contribution in [2.45, 2.75) is 25.2 Å². The molecule has 0 saturated carbocycles. The van der Waals surface area contributed by atoms with Crippen LogP contribution in [-0.2, 0) is 6.42 Å². The molecular weight excluding hydrogens is 431 g/mol. The highest BCUT2D eigenvalue weighted by molar-refractivity contribution is 5.97. The zero-order chi connectivity index (χ0) is 23.7. The number of anilines is 1. The van der Waals surface area contributed by atoms with E-state index in [0.29, 0.717) is 35.7 Å². The van der Waals surface area contributed by atoms with Crippen LogP contribution in [0.4, 0.5) is 10.2 Å². The van der Waals surface area contributed by atoms with Gasteiger partial charge in [0.25, 0.3) is 5.91 Å². The van der Waals surface area contributed by atoms with Crippen LogP contribution >= 0.6 is 0 Å². The van der Waals surface area contributed by atoms with Crippen molar-refractivity contribution < 1.29 is 14.3 Å². The third-order valence-electron chi connectivity index (χ3n) is 6.96. The molecule has 0 spiro atoms. The number of nitrogen functional groups attached to an aromatic ring is 1. The molecule has 2 aromatic carbocycles. The first-order chi connectivity index (χ1) is 16.5. The van der Waals surface area contributed by atoms with Gasteiger partial charge in [0.05, 0.1) is 6.61 Å². The molecule has 176 valence electrons. The van der Waals surface area contributed by atoms with Gasteiger partial charge in [-0.25, -0.2) is 4.98 Å². The minimum absolute atomic E-state index is 0.0729. The summed E-state index contributed by atoms with van der Waals surface area (Å²) in [6.07, 6.45) is 2.96. The third-order valence-corrected chi connectivity index (χ3v) is 6.96. The van der Waals surface area contributed by atoms with Crippen molar-refractivity contribution in [3.8, 4) is 22.3 Å². The summed E-state index contributed by atoms with van der Waals surface area (Å²) in [6.45, 7) is 3.43. The van der Waals surface area contributed by atoms with E-state index in [0.717, 1.165) is 49.0 Å². The standard InChI is InChI=1S/C27H29FN4O2/c28-25-23(18-5-3-17(4-6-18)21-2-1-11-32(16-21)12-13-33)15-24(26(29)31-25)19-7-8-22-20(14-19)9-10-30-27(22)34/h3-8,14-15,21,33H,1-2,9-13,16H2,(H2,29,31)(H,30,34). The molecular formula is C27H29FN4O2. The number of piperidine rings is 1. The fraction of sp³-hybridized carbons (Fsp3) is 0.333. The lowest BCUT2D eigenvalue weighted by Gasteiger charge is -2.32. The maximum Gasteiger partial charge on any atom is 0.251 e. The number of halogens is 1. The molecule has 1 amide bonds. The van der Waals surface area contributed by atoms with Crippen molar-refractivity contribution in [3.05, 3.63) is 71.2 Å². The first kappa shape index (κ1) is 22.5. The van der Waals surface area contributed by atoms with Crippen molar-refractivity contribution in [1.82, 2.24) is 15.2 Å². The number of fused-ring (bicyclic) bond motifs is 1. The SMILES string of the molecule is Nc1nc(F)c(-c2ccc(C3CCCN(CCO)C3)cc2)cc1-c1ccc2c(c1)CCNC2=O. The first-order valence-electron chi connectivity index (χ1n) is 11.8. The number of aliphatic hydroxyl groups is 1. The number of aliphatic hydroxyl groups excluding tert-OH is 1. The number of carbonyl (C=O) groups excluding carboxylic acids is 1. The molecule has 6 nitrogen and oxygen atoms in total. The van der Waals surface area contributed by atoms with Gasteiger partial charge in [-0.1, -0.05) is 36.4 Å². The molecule has 0 bridgehead atoms. The molecule has 1 atom stereocenters. The summed E-state index contributed by atoms with van der Waals surface area (Å²) in [5.41, 5.74) is 11.6. The van der Waals surface area contributed by atoms with E-state index in [1.807, 2.05) is 24.3 Å². The fourth-order valence-electron chi connectivity index (χ4n) is 5.14. The lowest BCUT2D eigenvalue weighted by atomic mass is 9.89. The van der Waals surface area contributed by atoms with E-state index in [4.69, 9.17) is 5.73 Å². The molecule has 34 heavy (non-hydrogen) atoms. The van der Waals surface area contributed by atoms with Crippen molar-refractivity contribution >= 4 is 11.7 Å². The number of hydrogen-bond acceptors (Lipinski definition) is 5. The Bertz CT molecular complexity index is 1210. The van der Waals surface area contributed by atoms with Gasteiger partial charge in [-0.15, -0.1) is 0 Å². The zero-order valence-corrected chi connectivity index (χ0v) is 19.1. The Morgan fingerprint density at radius 3 is 2.68 bits per heavy atom. The van der Waals surface area contributed by atoms with E-state index in [2.05, 4.69) is 27.3 Å². The number of nitrogens with zero attached hydrogens (tertiary/aromatic N) is 2. The number of pyridine rings is 1. The van der Waals surface area contributed by atoms with Gasteiger partial charge in [0.2, 0.25) is 5.95 Å². The highest BCUT2D eigenvalue weighted by atomic mass is 19.1. The quantitative estimate of drug-likeness (QED) is 0.506. The average molecular weight is 461 g/mol. The van der Waals surface area contributed by atoms with Crippen LogP contribution in [0.1, 0.15) is 40.2 Å². The van der Waals surface area contributed by atoms with Crippen LogP contribution in [-0.4, -0.2) is 53.7 Å². The number of rotatable bonds is 5. The zero-order valence-electron chi connectivity index (χ0n) is 19.1. The lowest BCUT2D eigenvalue weighted by molar-refractivity contribution is 0.0946. The Kier molecular flexibility index (Phi) is 6.30. The van der Waals surface area contributed by atoms with Crippen molar-refractivity contribution in [1.29, 1.82) is 0 Å². The smallest absolute Gasteiger partial charge is 0.251 e. The molecule has 3 heterocycles. The summed E-state index contributed by atoms with van der Waals surface area (Å²) < 4.78 is 14.9. The Morgan fingerprint density at radius 1 is 1.09 bits per heavy atom. The van der Waals surface area contributed by atoms with Gasteiger partial charge in [-0.2, -0.15) is 4.39 Å². The number of aromatic nitrogens is 1.